The van der Waals surface area contributed by atoms with Crippen molar-refractivity contribution in [2.45, 2.75) is 57.0 Å². The van der Waals surface area contributed by atoms with Crippen molar-refractivity contribution in [3.8, 4) is 0 Å². The minimum Gasteiger partial charge on any atom is -0.480 e. The molecule has 0 amide bonds. The molecule has 98 valence electrons. The van der Waals surface area contributed by atoms with Crippen LogP contribution < -0.4 is 5.32 Å². The predicted molar refractivity (Wildman–Crippen MR) is 62.7 cm³/mol. The van der Waals surface area contributed by atoms with Gasteiger partial charge in [-0.25, -0.2) is 0 Å². The lowest BCUT2D eigenvalue weighted by Crippen LogP contribution is -2.57. The number of aliphatic carboxylic acids is 1. The number of carbonyl (C=O) groups excluding carboxylic acids is 1. The van der Waals surface area contributed by atoms with Crippen LogP contribution in [0.3, 0.4) is 0 Å². The second-order valence-electron chi connectivity index (χ2n) is 4.69. The van der Waals surface area contributed by atoms with Crippen molar-refractivity contribution >= 4 is 11.9 Å². The Kier molecular flexibility index (Phi) is 4.93. The summed E-state index contributed by atoms with van der Waals surface area (Å²) in [5, 5.41) is 12.4. The highest BCUT2D eigenvalue weighted by Gasteiger charge is 2.40. The Balaban J connectivity index is 2.76. The number of ether oxygens (including phenoxy) is 1. The average molecular weight is 243 g/mol. The Morgan fingerprint density at radius 3 is 2.18 bits per heavy atom. The SMILES string of the molecule is COC(=O)C(C)NC1(C(=O)O)CCCCCC1. The third-order valence-electron chi connectivity index (χ3n) is 3.41. The Hall–Kier alpha value is -1.10. The zero-order valence-electron chi connectivity index (χ0n) is 10.5. The van der Waals surface area contributed by atoms with Gasteiger partial charge < -0.3 is 9.84 Å². The van der Waals surface area contributed by atoms with Gasteiger partial charge in [0.05, 0.1) is 7.11 Å². The highest BCUT2D eigenvalue weighted by molar-refractivity contribution is 5.81. The minimum atomic E-state index is -0.968. The van der Waals surface area contributed by atoms with Crippen LogP contribution in [0.15, 0.2) is 0 Å². The van der Waals surface area contributed by atoms with Crippen molar-refractivity contribution in [2.75, 3.05) is 7.11 Å². The van der Waals surface area contributed by atoms with Crippen LogP contribution in [-0.2, 0) is 14.3 Å². The van der Waals surface area contributed by atoms with Gasteiger partial charge >= 0.3 is 11.9 Å². The van der Waals surface area contributed by atoms with Gasteiger partial charge in [-0.05, 0) is 19.8 Å². The molecule has 0 spiro atoms. The van der Waals surface area contributed by atoms with E-state index >= 15 is 0 Å². The molecule has 1 unspecified atom stereocenters. The van der Waals surface area contributed by atoms with Crippen molar-refractivity contribution in [3.05, 3.63) is 0 Å². The van der Waals surface area contributed by atoms with Crippen LogP contribution in [-0.4, -0.2) is 35.7 Å². The number of rotatable bonds is 4. The quantitative estimate of drug-likeness (QED) is 0.575. The van der Waals surface area contributed by atoms with E-state index in [-0.39, 0.29) is 0 Å². The zero-order valence-corrected chi connectivity index (χ0v) is 10.5. The number of hydrogen-bond acceptors (Lipinski definition) is 4. The summed E-state index contributed by atoms with van der Waals surface area (Å²) in [7, 11) is 1.31. The Morgan fingerprint density at radius 2 is 1.76 bits per heavy atom. The summed E-state index contributed by atoms with van der Waals surface area (Å²) in [6.45, 7) is 1.64. The first-order valence-electron chi connectivity index (χ1n) is 6.11. The molecule has 5 heteroatoms. The summed E-state index contributed by atoms with van der Waals surface area (Å²) in [6.07, 6.45) is 5.03. The normalized spacial score (nSPS) is 21.3. The molecule has 0 aliphatic heterocycles. The molecule has 0 aromatic heterocycles. The van der Waals surface area contributed by atoms with Gasteiger partial charge in [0.1, 0.15) is 11.6 Å². The highest BCUT2D eigenvalue weighted by Crippen LogP contribution is 2.28. The summed E-state index contributed by atoms with van der Waals surface area (Å²) in [5.74, 6) is -1.29. The van der Waals surface area contributed by atoms with E-state index in [4.69, 9.17) is 0 Å². The molecule has 0 bridgehead atoms. The summed E-state index contributed by atoms with van der Waals surface area (Å²) < 4.78 is 4.62. The van der Waals surface area contributed by atoms with E-state index in [0.29, 0.717) is 12.8 Å². The van der Waals surface area contributed by atoms with Gasteiger partial charge in [0.15, 0.2) is 0 Å². The summed E-state index contributed by atoms with van der Waals surface area (Å²) in [4.78, 5) is 22.8. The number of carboxylic acid groups (broad SMARTS) is 1. The van der Waals surface area contributed by atoms with Crippen LogP contribution in [0.5, 0.6) is 0 Å². The van der Waals surface area contributed by atoms with Gasteiger partial charge in [-0.2, -0.15) is 0 Å². The van der Waals surface area contributed by atoms with Gasteiger partial charge in [-0.1, -0.05) is 25.7 Å². The van der Waals surface area contributed by atoms with Crippen LogP contribution >= 0.6 is 0 Å². The van der Waals surface area contributed by atoms with Crippen LogP contribution in [0.2, 0.25) is 0 Å². The largest absolute Gasteiger partial charge is 0.480 e. The molecule has 0 aromatic rings. The van der Waals surface area contributed by atoms with E-state index in [1.807, 2.05) is 0 Å². The van der Waals surface area contributed by atoms with Crippen molar-refractivity contribution < 1.29 is 19.4 Å². The third kappa shape index (κ3) is 3.43. The van der Waals surface area contributed by atoms with Crippen molar-refractivity contribution in [2.24, 2.45) is 0 Å². The Labute approximate surface area is 102 Å². The average Bonchev–Trinajstić information content (AvgIpc) is 2.54. The first-order valence-corrected chi connectivity index (χ1v) is 6.11. The lowest BCUT2D eigenvalue weighted by molar-refractivity contribution is -0.149. The van der Waals surface area contributed by atoms with E-state index in [1.165, 1.54) is 7.11 Å². The molecule has 2 N–H and O–H groups in total. The lowest BCUT2D eigenvalue weighted by Gasteiger charge is -2.31. The maximum absolute atomic E-state index is 11.5. The predicted octanol–water partition coefficient (Wildman–Crippen LogP) is 1.32. The topological polar surface area (TPSA) is 75.6 Å². The second-order valence-corrected chi connectivity index (χ2v) is 4.69. The summed E-state index contributed by atoms with van der Waals surface area (Å²) in [5.41, 5.74) is -0.968. The fourth-order valence-corrected chi connectivity index (χ4v) is 2.40. The molecule has 0 heterocycles. The standard InChI is InChI=1S/C12H21NO4/c1-9(10(14)17-2)13-12(11(15)16)7-5-3-4-6-8-12/h9,13H,3-8H2,1-2H3,(H,15,16). The van der Waals surface area contributed by atoms with E-state index in [2.05, 4.69) is 10.1 Å². The van der Waals surface area contributed by atoms with Gasteiger partial charge in [-0.15, -0.1) is 0 Å². The van der Waals surface area contributed by atoms with Crippen LogP contribution in [0.4, 0.5) is 0 Å². The minimum absolute atomic E-state index is 0.421. The number of hydrogen-bond donors (Lipinski definition) is 2. The molecule has 1 saturated carbocycles. The molecule has 0 aromatic carbocycles. The molecule has 1 rings (SSSR count). The molecule has 17 heavy (non-hydrogen) atoms. The molecule has 1 aliphatic rings. The molecule has 0 saturated heterocycles. The highest BCUT2D eigenvalue weighted by atomic mass is 16.5. The molecule has 1 aliphatic carbocycles. The van der Waals surface area contributed by atoms with Crippen LogP contribution in [0.1, 0.15) is 45.4 Å². The number of methoxy groups -OCH3 is 1. The van der Waals surface area contributed by atoms with Crippen molar-refractivity contribution in [3.63, 3.8) is 0 Å². The van der Waals surface area contributed by atoms with E-state index in [1.54, 1.807) is 6.92 Å². The molecular formula is C12H21NO4. The lowest BCUT2D eigenvalue weighted by atomic mass is 9.89. The number of carbonyl (C=O) groups is 2. The molecule has 1 atom stereocenters. The Bertz CT molecular complexity index is 282. The maximum Gasteiger partial charge on any atom is 0.323 e. The number of esters is 1. The molecule has 0 radical (unpaired) electrons. The van der Waals surface area contributed by atoms with E-state index in [9.17, 15) is 14.7 Å². The van der Waals surface area contributed by atoms with Crippen molar-refractivity contribution in [1.82, 2.24) is 5.32 Å². The Morgan fingerprint density at radius 1 is 1.24 bits per heavy atom. The molecule has 1 fully saturated rings. The fraction of sp³-hybridized carbons (Fsp3) is 0.833. The number of nitrogens with one attached hydrogen (secondary N) is 1. The van der Waals surface area contributed by atoms with Crippen molar-refractivity contribution in [1.29, 1.82) is 0 Å². The fourth-order valence-electron chi connectivity index (χ4n) is 2.40. The summed E-state index contributed by atoms with van der Waals surface area (Å²) in [6, 6.07) is -0.589. The van der Waals surface area contributed by atoms with Gasteiger partial charge in [0.2, 0.25) is 0 Å². The van der Waals surface area contributed by atoms with Gasteiger partial charge in [-0.3, -0.25) is 14.9 Å². The summed E-state index contributed by atoms with van der Waals surface area (Å²) >= 11 is 0. The number of carboxylic acids is 1. The van der Waals surface area contributed by atoms with Gasteiger partial charge in [0, 0.05) is 0 Å². The second kappa shape index (κ2) is 6.00. The van der Waals surface area contributed by atoms with E-state index in [0.717, 1.165) is 25.7 Å². The monoisotopic (exact) mass is 243 g/mol. The maximum atomic E-state index is 11.5. The van der Waals surface area contributed by atoms with Crippen LogP contribution in [0.25, 0.3) is 0 Å². The smallest absolute Gasteiger partial charge is 0.323 e. The van der Waals surface area contributed by atoms with Gasteiger partial charge in [0.25, 0.3) is 0 Å². The molecular weight excluding hydrogens is 222 g/mol. The first kappa shape index (κ1) is 14.0. The van der Waals surface area contributed by atoms with Crippen LogP contribution in [0, 0.1) is 0 Å². The van der Waals surface area contributed by atoms with E-state index < -0.39 is 23.5 Å². The first-order chi connectivity index (χ1) is 8.02. The third-order valence-corrected chi connectivity index (χ3v) is 3.41. The zero-order chi connectivity index (χ0) is 12.9. The molecule has 5 nitrogen and oxygen atoms in total.